The number of thiazole rings is 1. The van der Waals surface area contributed by atoms with Crippen molar-refractivity contribution in [2.45, 2.75) is 6.42 Å². The molecule has 2 aliphatic rings. The highest BCUT2D eigenvalue weighted by Gasteiger charge is 2.55. The van der Waals surface area contributed by atoms with Crippen LogP contribution in [0.5, 0.6) is 0 Å². The second-order valence-electron chi connectivity index (χ2n) is 6.69. The number of fused-ring (bicyclic) bond motifs is 1. The largest absolute Gasteiger partial charge is 0.481 e. The van der Waals surface area contributed by atoms with E-state index in [0.717, 1.165) is 5.56 Å². The Hall–Kier alpha value is -1.96. The molecule has 8 heteroatoms. The first kappa shape index (κ1) is 17.5. The van der Waals surface area contributed by atoms with E-state index in [1.165, 1.54) is 11.3 Å². The highest BCUT2D eigenvalue weighted by Crippen LogP contribution is 2.43. The molecule has 0 unspecified atom stereocenters. The number of ether oxygens (including phenoxy) is 1. The molecule has 2 aliphatic heterocycles. The Morgan fingerprint density at radius 3 is 2.92 bits per heavy atom. The molecule has 0 saturated carbocycles. The van der Waals surface area contributed by atoms with Gasteiger partial charge in [-0.15, -0.1) is 11.3 Å². The number of nitrogens with zero attached hydrogens (tertiary/aromatic N) is 2. The number of benzene rings is 1. The van der Waals surface area contributed by atoms with E-state index < -0.39 is 11.4 Å². The minimum Gasteiger partial charge on any atom is -0.481 e. The van der Waals surface area contributed by atoms with Crippen LogP contribution in [0.3, 0.4) is 0 Å². The topological polar surface area (TPSA) is 79.7 Å². The maximum absolute atomic E-state index is 12.9. The van der Waals surface area contributed by atoms with E-state index >= 15 is 0 Å². The van der Waals surface area contributed by atoms with Crippen molar-refractivity contribution in [1.82, 2.24) is 9.88 Å². The van der Waals surface area contributed by atoms with Crippen molar-refractivity contribution < 1.29 is 19.4 Å². The van der Waals surface area contributed by atoms with Gasteiger partial charge in [0, 0.05) is 36.6 Å². The van der Waals surface area contributed by atoms with E-state index in [4.69, 9.17) is 16.3 Å². The number of carboxylic acids is 1. The second-order valence-corrected chi connectivity index (χ2v) is 7.95. The molecule has 2 aromatic rings. The number of rotatable bonds is 3. The van der Waals surface area contributed by atoms with Gasteiger partial charge < -0.3 is 14.7 Å². The number of carbonyl (C=O) groups is 2. The SMILES string of the molecule is O=C(c1csc(-c2ccccc2Cl)n1)N1C[C@H]2COCC[C@@]2(C(=O)O)C1. The van der Waals surface area contributed by atoms with Crippen LogP contribution >= 0.6 is 22.9 Å². The molecule has 0 bridgehead atoms. The Kier molecular flexibility index (Phi) is 4.46. The number of carbonyl (C=O) groups excluding carboxylic acids is 1. The molecule has 4 rings (SSSR count). The quantitative estimate of drug-likeness (QED) is 0.868. The molecule has 2 saturated heterocycles. The maximum Gasteiger partial charge on any atom is 0.311 e. The van der Waals surface area contributed by atoms with Crippen molar-refractivity contribution in [3.05, 3.63) is 40.4 Å². The zero-order valence-electron chi connectivity index (χ0n) is 13.9. The van der Waals surface area contributed by atoms with E-state index in [-0.39, 0.29) is 18.4 Å². The molecule has 6 nitrogen and oxygen atoms in total. The van der Waals surface area contributed by atoms with Crippen LogP contribution in [0.1, 0.15) is 16.9 Å². The van der Waals surface area contributed by atoms with E-state index in [1.807, 2.05) is 18.2 Å². The van der Waals surface area contributed by atoms with Crippen LogP contribution in [0.15, 0.2) is 29.6 Å². The fourth-order valence-corrected chi connectivity index (χ4v) is 4.86. The number of hydrogen-bond donors (Lipinski definition) is 1. The van der Waals surface area contributed by atoms with Crippen LogP contribution < -0.4 is 0 Å². The Bertz CT molecular complexity index is 870. The Morgan fingerprint density at radius 1 is 1.38 bits per heavy atom. The maximum atomic E-state index is 12.9. The van der Waals surface area contributed by atoms with Crippen molar-refractivity contribution in [2.75, 3.05) is 26.3 Å². The molecule has 0 aliphatic carbocycles. The molecule has 0 spiro atoms. The average Bonchev–Trinajstić information content (AvgIpc) is 3.27. The summed E-state index contributed by atoms with van der Waals surface area (Å²) >= 11 is 7.55. The number of amides is 1. The van der Waals surface area contributed by atoms with E-state index in [2.05, 4.69) is 4.98 Å². The lowest BCUT2D eigenvalue weighted by atomic mass is 9.74. The summed E-state index contributed by atoms with van der Waals surface area (Å²) in [5.74, 6) is -1.27. The third-order valence-electron chi connectivity index (χ3n) is 5.25. The lowest BCUT2D eigenvalue weighted by molar-refractivity contribution is -0.157. The average molecular weight is 393 g/mol. The number of aromatic nitrogens is 1. The molecular formula is C18H17ClN2O4S. The number of halogens is 1. The highest BCUT2D eigenvalue weighted by atomic mass is 35.5. The molecular weight excluding hydrogens is 376 g/mol. The molecule has 136 valence electrons. The standard InChI is InChI=1S/C18H17ClN2O4S/c19-13-4-2-1-3-12(13)15-20-14(9-26-15)16(22)21-7-11-8-25-6-5-18(11,10-21)17(23)24/h1-4,9,11H,5-8,10H2,(H,23,24)/t11-,18+/m0/s1. The van der Waals surface area contributed by atoms with Crippen molar-refractivity contribution >= 4 is 34.8 Å². The summed E-state index contributed by atoms with van der Waals surface area (Å²) in [5.41, 5.74) is 0.198. The third-order valence-corrected chi connectivity index (χ3v) is 6.45. The smallest absolute Gasteiger partial charge is 0.311 e. The Labute approximate surface area is 159 Å². The summed E-state index contributed by atoms with van der Waals surface area (Å²) in [6.07, 6.45) is 0.429. The summed E-state index contributed by atoms with van der Waals surface area (Å²) in [4.78, 5) is 30.8. The van der Waals surface area contributed by atoms with Gasteiger partial charge in [0.2, 0.25) is 0 Å². The first-order valence-electron chi connectivity index (χ1n) is 8.32. The van der Waals surface area contributed by atoms with Crippen LogP contribution in [0.25, 0.3) is 10.6 Å². The van der Waals surface area contributed by atoms with Gasteiger partial charge in [0.05, 0.1) is 17.0 Å². The minimum atomic E-state index is -0.907. The van der Waals surface area contributed by atoms with Gasteiger partial charge in [-0.2, -0.15) is 0 Å². The molecule has 26 heavy (non-hydrogen) atoms. The molecule has 2 fully saturated rings. The Morgan fingerprint density at radius 2 is 2.19 bits per heavy atom. The monoisotopic (exact) mass is 392 g/mol. The van der Waals surface area contributed by atoms with Gasteiger partial charge in [0.1, 0.15) is 10.7 Å². The van der Waals surface area contributed by atoms with Gasteiger partial charge in [-0.25, -0.2) is 4.98 Å². The van der Waals surface area contributed by atoms with Crippen LogP contribution in [-0.2, 0) is 9.53 Å². The Balaban J connectivity index is 1.58. The molecule has 1 N–H and O–H groups in total. The lowest BCUT2D eigenvalue weighted by Gasteiger charge is -2.33. The predicted octanol–water partition coefficient (Wildman–Crippen LogP) is 3.03. The molecule has 3 heterocycles. The molecule has 1 aromatic heterocycles. The summed E-state index contributed by atoms with van der Waals surface area (Å²) in [5, 5.41) is 12.7. The highest BCUT2D eigenvalue weighted by molar-refractivity contribution is 7.13. The number of likely N-dealkylation sites (tertiary alicyclic amines) is 1. The van der Waals surface area contributed by atoms with Crippen molar-refractivity contribution in [3.63, 3.8) is 0 Å². The summed E-state index contributed by atoms with van der Waals surface area (Å²) in [6, 6.07) is 7.34. The first-order valence-corrected chi connectivity index (χ1v) is 9.58. The van der Waals surface area contributed by atoms with Crippen molar-refractivity contribution in [2.24, 2.45) is 11.3 Å². The number of aliphatic carboxylic acids is 1. The molecule has 1 aromatic carbocycles. The van der Waals surface area contributed by atoms with Gasteiger partial charge in [0.25, 0.3) is 5.91 Å². The molecule has 0 radical (unpaired) electrons. The first-order chi connectivity index (χ1) is 12.5. The zero-order chi connectivity index (χ0) is 18.3. The van der Waals surface area contributed by atoms with E-state index in [9.17, 15) is 14.7 Å². The van der Waals surface area contributed by atoms with Gasteiger partial charge in [-0.05, 0) is 12.5 Å². The van der Waals surface area contributed by atoms with Gasteiger partial charge in [0.15, 0.2) is 0 Å². The summed E-state index contributed by atoms with van der Waals surface area (Å²) < 4.78 is 5.44. The lowest BCUT2D eigenvalue weighted by Crippen LogP contribution is -2.45. The molecule has 1 amide bonds. The fourth-order valence-electron chi connectivity index (χ4n) is 3.75. The number of carboxylic acid groups (broad SMARTS) is 1. The zero-order valence-corrected chi connectivity index (χ0v) is 15.4. The van der Waals surface area contributed by atoms with E-state index in [1.54, 1.807) is 16.3 Å². The van der Waals surface area contributed by atoms with Crippen LogP contribution in [0.2, 0.25) is 5.02 Å². The van der Waals surface area contributed by atoms with Crippen molar-refractivity contribution in [1.29, 1.82) is 0 Å². The minimum absolute atomic E-state index is 0.181. The predicted molar refractivity (Wildman–Crippen MR) is 97.5 cm³/mol. The summed E-state index contributed by atoms with van der Waals surface area (Å²) in [7, 11) is 0. The van der Waals surface area contributed by atoms with Crippen LogP contribution in [-0.4, -0.2) is 53.2 Å². The fraction of sp³-hybridized carbons (Fsp3) is 0.389. The number of hydrogen-bond acceptors (Lipinski definition) is 5. The third kappa shape index (κ3) is 2.80. The van der Waals surface area contributed by atoms with Crippen molar-refractivity contribution in [3.8, 4) is 10.6 Å². The second kappa shape index (κ2) is 6.64. The molecule has 2 atom stereocenters. The van der Waals surface area contributed by atoms with Gasteiger partial charge in [-0.1, -0.05) is 29.8 Å². The summed E-state index contributed by atoms with van der Waals surface area (Å²) in [6.45, 7) is 1.37. The van der Waals surface area contributed by atoms with Gasteiger partial charge in [-0.3, -0.25) is 9.59 Å². The van der Waals surface area contributed by atoms with Gasteiger partial charge >= 0.3 is 5.97 Å². The van der Waals surface area contributed by atoms with E-state index in [0.29, 0.717) is 41.9 Å². The normalized spacial score (nSPS) is 25.1. The van der Waals surface area contributed by atoms with Crippen LogP contribution in [0.4, 0.5) is 0 Å². The van der Waals surface area contributed by atoms with Crippen LogP contribution in [0, 0.1) is 11.3 Å².